The van der Waals surface area contributed by atoms with E-state index in [0.717, 1.165) is 30.5 Å². The lowest BCUT2D eigenvalue weighted by Crippen LogP contribution is -2.27. The maximum Gasteiger partial charge on any atom is 0.130 e. The van der Waals surface area contributed by atoms with Crippen LogP contribution in [0.25, 0.3) is 0 Å². The molecule has 0 aliphatic heterocycles. The molecule has 0 radical (unpaired) electrons. The molecule has 1 aromatic heterocycles. The van der Waals surface area contributed by atoms with Crippen molar-refractivity contribution < 1.29 is 5.11 Å². The van der Waals surface area contributed by atoms with Gasteiger partial charge in [-0.1, -0.05) is 37.8 Å². The molecule has 1 rings (SSSR count). The molecule has 4 heteroatoms. The minimum Gasteiger partial charge on any atom is -0.390 e. The second-order valence-electron chi connectivity index (χ2n) is 5.11. The van der Waals surface area contributed by atoms with Gasteiger partial charge in [0.25, 0.3) is 0 Å². The van der Waals surface area contributed by atoms with Crippen molar-refractivity contribution in [2.75, 3.05) is 0 Å². The summed E-state index contributed by atoms with van der Waals surface area (Å²) in [5.41, 5.74) is 1.19. The lowest BCUT2D eigenvalue weighted by molar-refractivity contribution is 0.0484. The van der Waals surface area contributed by atoms with E-state index in [0.29, 0.717) is 11.6 Å². The highest BCUT2D eigenvalue weighted by atomic mass is 35.5. The van der Waals surface area contributed by atoms with E-state index in [-0.39, 0.29) is 0 Å². The van der Waals surface area contributed by atoms with Gasteiger partial charge in [-0.15, -0.1) is 0 Å². The van der Waals surface area contributed by atoms with Gasteiger partial charge in [-0.3, -0.25) is 4.68 Å². The molecule has 1 unspecified atom stereocenters. The molecule has 0 bridgehead atoms. The number of halogens is 1. The van der Waals surface area contributed by atoms with Gasteiger partial charge in [0.1, 0.15) is 5.15 Å². The molecule has 0 amide bonds. The molecule has 1 heterocycles. The number of hydrogen-bond acceptors (Lipinski definition) is 2. The third-order valence-corrected chi connectivity index (χ3v) is 3.62. The average molecular weight is 259 g/mol. The number of hydrogen-bond donors (Lipinski definition) is 1. The van der Waals surface area contributed by atoms with Crippen LogP contribution in [0.2, 0.25) is 5.15 Å². The SMILES string of the molecule is CCCCCC(C)(O)Cc1c(C)nn(C)c1Cl. The van der Waals surface area contributed by atoms with E-state index in [1.165, 1.54) is 6.42 Å². The van der Waals surface area contributed by atoms with Crippen molar-refractivity contribution in [2.24, 2.45) is 7.05 Å². The molecule has 0 saturated heterocycles. The van der Waals surface area contributed by atoms with E-state index in [1.807, 2.05) is 20.9 Å². The van der Waals surface area contributed by atoms with Gasteiger partial charge in [0, 0.05) is 19.0 Å². The van der Waals surface area contributed by atoms with E-state index < -0.39 is 5.60 Å². The third kappa shape index (κ3) is 4.00. The highest BCUT2D eigenvalue weighted by Crippen LogP contribution is 2.26. The van der Waals surface area contributed by atoms with Crippen LogP contribution in [-0.4, -0.2) is 20.5 Å². The molecule has 98 valence electrons. The van der Waals surface area contributed by atoms with Crippen LogP contribution >= 0.6 is 11.6 Å². The Morgan fingerprint density at radius 3 is 2.53 bits per heavy atom. The Morgan fingerprint density at radius 1 is 1.41 bits per heavy atom. The molecule has 0 aliphatic rings. The summed E-state index contributed by atoms with van der Waals surface area (Å²) in [6.45, 7) is 5.98. The molecule has 17 heavy (non-hydrogen) atoms. The van der Waals surface area contributed by atoms with Gasteiger partial charge in [-0.2, -0.15) is 5.10 Å². The van der Waals surface area contributed by atoms with E-state index in [9.17, 15) is 5.11 Å². The van der Waals surface area contributed by atoms with Crippen LogP contribution in [0.5, 0.6) is 0 Å². The van der Waals surface area contributed by atoms with Crippen LogP contribution in [0.1, 0.15) is 50.8 Å². The number of aromatic nitrogens is 2. The number of unbranched alkanes of at least 4 members (excludes halogenated alkanes) is 2. The van der Waals surface area contributed by atoms with E-state index in [1.54, 1.807) is 4.68 Å². The largest absolute Gasteiger partial charge is 0.390 e. The zero-order chi connectivity index (χ0) is 13.1. The first-order valence-corrected chi connectivity index (χ1v) is 6.65. The molecule has 0 fully saturated rings. The highest BCUT2D eigenvalue weighted by molar-refractivity contribution is 6.30. The smallest absolute Gasteiger partial charge is 0.130 e. The topological polar surface area (TPSA) is 38.1 Å². The molecule has 0 saturated carbocycles. The van der Waals surface area contributed by atoms with Crippen molar-refractivity contribution in [1.29, 1.82) is 0 Å². The fraction of sp³-hybridized carbons (Fsp3) is 0.769. The highest BCUT2D eigenvalue weighted by Gasteiger charge is 2.24. The second kappa shape index (κ2) is 5.87. The molecule has 0 aliphatic carbocycles. The molecule has 1 atom stereocenters. The van der Waals surface area contributed by atoms with Crippen molar-refractivity contribution in [1.82, 2.24) is 9.78 Å². The predicted molar refractivity (Wildman–Crippen MR) is 71.4 cm³/mol. The minimum absolute atomic E-state index is 0.579. The standard InChI is InChI=1S/C13H23ClN2O/c1-5-6-7-8-13(3,17)9-11-10(2)15-16(4)12(11)14/h17H,5-9H2,1-4H3. The van der Waals surface area contributed by atoms with Gasteiger partial charge in [-0.25, -0.2) is 0 Å². The van der Waals surface area contributed by atoms with Crippen LogP contribution in [0.15, 0.2) is 0 Å². The molecule has 3 nitrogen and oxygen atoms in total. The quantitative estimate of drug-likeness (QED) is 0.796. The fourth-order valence-corrected chi connectivity index (χ4v) is 2.34. The summed E-state index contributed by atoms with van der Waals surface area (Å²) >= 11 is 6.17. The van der Waals surface area contributed by atoms with Crippen molar-refractivity contribution in [2.45, 2.75) is 58.5 Å². The maximum atomic E-state index is 10.4. The molecule has 1 N–H and O–H groups in total. The van der Waals surface area contributed by atoms with Crippen molar-refractivity contribution in [3.05, 3.63) is 16.4 Å². The average Bonchev–Trinajstić information content (AvgIpc) is 2.45. The summed E-state index contributed by atoms with van der Waals surface area (Å²) in [4.78, 5) is 0. The van der Waals surface area contributed by atoms with Gasteiger partial charge >= 0.3 is 0 Å². The summed E-state index contributed by atoms with van der Waals surface area (Å²) < 4.78 is 1.66. The van der Waals surface area contributed by atoms with E-state index in [4.69, 9.17) is 11.6 Å². The number of rotatable bonds is 6. The van der Waals surface area contributed by atoms with Crippen LogP contribution in [-0.2, 0) is 13.5 Å². The first-order valence-electron chi connectivity index (χ1n) is 6.27. The number of aryl methyl sites for hydroxylation is 2. The first-order chi connectivity index (χ1) is 7.87. The Balaban J connectivity index is 2.68. The maximum absolute atomic E-state index is 10.4. The van der Waals surface area contributed by atoms with Crippen molar-refractivity contribution in [3.8, 4) is 0 Å². The second-order valence-corrected chi connectivity index (χ2v) is 5.47. The predicted octanol–water partition coefficient (Wildman–Crippen LogP) is 3.26. The summed E-state index contributed by atoms with van der Waals surface area (Å²) in [5.74, 6) is 0. The van der Waals surface area contributed by atoms with Gasteiger partial charge in [0.05, 0.1) is 11.3 Å². The van der Waals surface area contributed by atoms with Gasteiger partial charge in [0.15, 0.2) is 0 Å². The first kappa shape index (κ1) is 14.5. The summed E-state index contributed by atoms with van der Waals surface area (Å²) in [5, 5.41) is 15.3. The fourth-order valence-electron chi connectivity index (χ4n) is 2.10. The zero-order valence-electron chi connectivity index (χ0n) is 11.3. The van der Waals surface area contributed by atoms with Gasteiger partial charge in [0.2, 0.25) is 0 Å². The van der Waals surface area contributed by atoms with Crippen LogP contribution < -0.4 is 0 Å². The molecular weight excluding hydrogens is 236 g/mol. The Morgan fingerprint density at radius 2 is 2.06 bits per heavy atom. The Bertz CT molecular complexity index is 372. The van der Waals surface area contributed by atoms with Crippen LogP contribution in [0.4, 0.5) is 0 Å². The summed E-state index contributed by atoms with van der Waals surface area (Å²) in [6, 6.07) is 0. The normalized spacial score (nSPS) is 14.9. The lowest BCUT2D eigenvalue weighted by Gasteiger charge is -2.23. The summed E-state index contributed by atoms with van der Waals surface area (Å²) in [6.07, 6.45) is 4.78. The van der Waals surface area contributed by atoms with Gasteiger partial charge < -0.3 is 5.11 Å². The monoisotopic (exact) mass is 258 g/mol. The number of aliphatic hydroxyl groups is 1. The zero-order valence-corrected chi connectivity index (χ0v) is 12.0. The van der Waals surface area contributed by atoms with E-state index >= 15 is 0 Å². The van der Waals surface area contributed by atoms with Crippen molar-refractivity contribution >= 4 is 11.6 Å². The van der Waals surface area contributed by atoms with E-state index in [2.05, 4.69) is 12.0 Å². The number of nitrogens with zero attached hydrogens (tertiary/aromatic N) is 2. The Labute approximate surface area is 109 Å². The molecule has 0 spiro atoms. The van der Waals surface area contributed by atoms with Crippen LogP contribution in [0, 0.1) is 6.92 Å². The molecule has 0 aromatic carbocycles. The minimum atomic E-state index is -0.688. The molecule has 1 aromatic rings. The summed E-state index contributed by atoms with van der Waals surface area (Å²) in [7, 11) is 1.82. The Kier molecular flexibility index (Phi) is 5.02. The van der Waals surface area contributed by atoms with Crippen molar-refractivity contribution in [3.63, 3.8) is 0 Å². The lowest BCUT2D eigenvalue weighted by atomic mass is 9.91. The van der Waals surface area contributed by atoms with Gasteiger partial charge in [-0.05, 0) is 20.3 Å². The molecular formula is C13H23ClN2O. The van der Waals surface area contributed by atoms with Crippen LogP contribution in [0.3, 0.4) is 0 Å². The Hall–Kier alpha value is -0.540. The third-order valence-electron chi connectivity index (χ3n) is 3.15.